The van der Waals surface area contributed by atoms with Gasteiger partial charge in [0, 0.05) is 17.0 Å². The molecule has 0 bridgehead atoms. The molecule has 1 N–H and O–H groups in total. The third-order valence-corrected chi connectivity index (χ3v) is 4.06. The molecule has 0 spiro atoms. The van der Waals surface area contributed by atoms with Crippen molar-refractivity contribution < 1.29 is 9.53 Å². The SMILES string of the molecule is COc1ccc(CC(=O)NCCSC(C)(C)C)cc1C. The van der Waals surface area contributed by atoms with Crippen LogP contribution >= 0.6 is 11.8 Å². The van der Waals surface area contributed by atoms with Gasteiger partial charge in [0.1, 0.15) is 5.75 Å². The molecular weight excluding hydrogens is 270 g/mol. The van der Waals surface area contributed by atoms with E-state index in [9.17, 15) is 4.79 Å². The van der Waals surface area contributed by atoms with E-state index in [0.29, 0.717) is 6.42 Å². The van der Waals surface area contributed by atoms with Gasteiger partial charge in [0.25, 0.3) is 0 Å². The van der Waals surface area contributed by atoms with Gasteiger partial charge >= 0.3 is 0 Å². The van der Waals surface area contributed by atoms with Crippen molar-refractivity contribution in [2.75, 3.05) is 19.4 Å². The van der Waals surface area contributed by atoms with Crippen molar-refractivity contribution in [2.24, 2.45) is 0 Å². The van der Waals surface area contributed by atoms with Gasteiger partial charge in [-0.05, 0) is 24.1 Å². The van der Waals surface area contributed by atoms with Crippen LogP contribution in [-0.2, 0) is 11.2 Å². The standard InChI is InChI=1S/C16H25NO2S/c1-12-10-13(6-7-14(12)19-5)11-15(18)17-8-9-20-16(2,3)4/h6-7,10H,8-9,11H2,1-5H3,(H,17,18). The summed E-state index contributed by atoms with van der Waals surface area (Å²) in [6.07, 6.45) is 0.422. The highest BCUT2D eigenvalue weighted by Crippen LogP contribution is 2.22. The van der Waals surface area contributed by atoms with Crippen LogP contribution in [-0.4, -0.2) is 30.1 Å². The minimum Gasteiger partial charge on any atom is -0.496 e. The number of aryl methyl sites for hydroxylation is 1. The number of hydrogen-bond acceptors (Lipinski definition) is 3. The highest BCUT2D eigenvalue weighted by atomic mass is 32.2. The van der Waals surface area contributed by atoms with Crippen LogP contribution in [0.25, 0.3) is 0 Å². The first-order valence-electron chi connectivity index (χ1n) is 6.86. The molecule has 1 rings (SSSR count). The van der Waals surface area contributed by atoms with Gasteiger partial charge in [-0.25, -0.2) is 0 Å². The maximum atomic E-state index is 11.9. The fourth-order valence-electron chi connectivity index (χ4n) is 1.85. The number of thioether (sulfide) groups is 1. The van der Waals surface area contributed by atoms with Crippen LogP contribution in [0.1, 0.15) is 31.9 Å². The zero-order valence-electron chi connectivity index (χ0n) is 13.1. The first kappa shape index (κ1) is 16.9. The molecule has 0 aliphatic heterocycles. The third kappa shape index (κ3) is 6.33. The number of methoxy groups -OCH3 is 1. The van der Waals surface area contributed by atoms with E-state index in [-0.39, 0.29) is 10.7 Å². The maximum absolute atomic E-state index is 11.9. The second-order valence-corrected chi connectivity index (χ2v) is 7.71. The molecule has 112 valence electrons. The van der Waals surface area contributed by atoms with Gasteiger partial charge in [0.2, 0.25) is 5.91 Å². The van der Waals surface area contributed by atoms with E-state index in [1.54, 1.807) is 7.11 Å². The van der Waals surface area contributed by atoms with Crippen LogP contribution in [0.15, 0.2) is 18.2 Å². The van der Waals surface area contributed by atoms with E-state index in [1.165, 1.54) is 0 Å². The highest BCUT2D eigenvalue weighted by Gasteiger charge is 2.10. The molecule has 1 aromatic rings. The van der Waals surface area contributed by atoms with E-state index in [1.807, 2.05) is 36.9 Å². The van der Waals surface area contributed by atoms with Crippen LogP contribution in [0, 0.1) is 6.92 Å². The third-order valence-electron chi connectivity index (χ3n) is 2.78. The molecule has 1 amide bonds. The molecule has 0 radical (unpaired) electrons. The van der Waals surface area contributed by atoms with Crippen LogP contribution in [0.4, 0.5) is 0 Å². The zero-order valence-corrected chi connectivity index (χ0v) is 13.9. The first-order chi connectivity index (χ1) is 9.31. The number of nitrogens with one attached hydrogen (secondary N) is 1. The molecule has 0 aromatic heterocycles. The molecule has 0 unspecified atom stereocenters. The number of hydrogen-bond donors (Lipinski definition) is 1. The molecule has 0 heterocycles. The van der Waals surface area contributed by atoms with Crippen LogP contribution in [0.3, 0.4) is 0 Å². The molecule has 0 aliphatic carbocycles. The van der Waals surface area contributed by atoms with Gasteiger partial charge in [0.15, 0.2) is 0 Å². The highest BCUT2D eigenvalue weighted by molar-refractivity contribution is 8.00. The van der Waals surface area contributed by atoms with E-state index in [4.69, 9.17) is 4.74 Å². The fraction of sp³-hybridized carbons (Fsp3) is 0.562. The lowest BCUT2D eigenvalue weighted by molar-refractivity contribution is -0.120. The topological polar surface area (TPSA) is 38.3 Å². The Kier molecular flexibility index (Phi) is 6.40. The number of ether oxygens (including phenoxy) is 1. The van der Waals surface area contributed by atoms with Crippen molar-refractivity contribution in [2.45, 2.75) is 38.9 Å². The Labute approximate surface area is 126 Å². The van der Waals surface area contributed by atoms with Crippen molar-refractivity contribution in [1.82, 2.24) is 5.32 Å². The predicted molar refractivity (Wildman–Crippen MR) is 86.7 cm³/mol. The van der Waals surface area contributed by atoms with Gasteiger partial charge in [-0.15, -0.1) is 0 Å². The minimum absolute atomic E-state index is 0.0732. The van der Waals surface area contributed by atoms with Crippen molar-refractivity contribution in [3.05, 3.63) is 29.3 Å². The molecular formula is C16H25NO2S. The summed E-state index contributed by atoms with van der Waals surface area (Å²) in [5.74, 6) is 1.87. The Bertz CT molecular complexity index is 452. The van der Waals surface area contributed by atoms with E-state index >= 15 is 0 Å². The lowest BCUT2D eigenvalue weighted by Gasteiger charge is -2.17. The summed E-state index contributed by atoms with van der Waals surface area (Å²) >= 11 is 1.86. The predicted octanol–water partition coefficient (Wildman–Crippen LogP) is 3.19. The lowest BCUT2D eigenvalue weighted by atomic mass is 10.1. The summed E-state index contributed by atoms with van der Waals surface area (Å²) in [4.78, 5) is 11.9. The Morgan fingerprint density at radius 3 is 2.60 bits per heavy atom. The Morgan fingerprint density at radius 1 is 1.35 bits per heavy atom. The summed E-state index contributed by atoms with van der Waals surface area (Å²) in [7, 11) is 1.65. The number of amides is 1. The van der Waals surface area contributed by atoms with Gasteiger partial charge in [-0.2, -0.15) is 11.8 Å². The fourth-order valence-corrected chi connectivity index (χ4v) is 2.66. The molecule has 0 fully saturated rings. The molecule has 3 nitrogen and oxygen atoms in total. The molecule has 0 saturated heterocycles. The summed E-state index contributed by atoms with van der Waals surface area (Å²) in [6.45, 7) is 9.25. The van der Waals surface area contributed by atoms with Gasteiger partial charge < -0.3 is 10.1 Å². The number of benzene rings is 1. The monoisotopic (exact) mass is 295 g/mol. The van der Waals surface area contributed by atoms with Crippen molar-refractivity contribution in [3.63, 3.8) is 0 Å². The van der Waals surface area contributed by atoms with E-state index in [0.717, 1.165) is 29.2 Å². The summed E-state index contributed by atoms with van der Waals surface area (Å²) in [6, 6.07) is 5.85. The normalized spacial score (nSPS) is 11.2. The quantitative estimate of drug-likeness (QED) is 0.819. The average Bonchev–Trinajstić information content (AvgIpc) is 2.34. The summed E-state index contributed by atoms with van der Waals surface area (Å²) in [5, 5.41) is 2.96. The summed E-state index contributed by atoms with van der Waals surface area (Å²) in [5.41, 5.74) is 2.07. The smallest absolute Gasteiger partial charge is 0.224 e. The first-order valence-corrected chi connectivity index (χ1v) is 7.84. The van der Waals surface area contributed by atoms with E-state index in [2.05, 4.69) is 26.1 Å². The lowest BCUT2D eigenvalue weighted by Crippen LogP contribution is -2.28. The van der Waals surface area contributed by atoms with Gasteiger partial charge in [-0.3, -0.25) is 4.79 Å². The minimum atomic E-state index is 0.0732. The average molecular weight is 295 g/mol. The van der Waals surface area contributed by atoms with Crippen molar-refractivity contribution >= 4 is 17.7 Å². The van der Waals surface area contributed by atoms with Gasteiger partial charge in [0.05, 0.1) is 13.5 Å². The van der Waals surface area contributed by atoms with Crippen LogP contribution < -0.4 is 10.1 Å². The zero-order chi connectivity index (χ0) is 15.2. The second kappa shape index (κ2) is 7.58. The van der Waals surface area contributed by atoms with Crippen LogP contribution in [0.2, 0.25) is 0 Å². The Hall–Kier alpha value is -1.16. The van der Waals surface area contributed by atoms with E-state index < -0.39 is 0 Å². The van der Waals surface area contributed by atoms with Crippen molar-refractivity contribution in [1.29, 1.82) is 0 Å². The van der Waals surface area contributed by atoms with Crippen molar-refractivity contribution in [3.8, 4) is 5.75 Å². The molecule has 0 atom stereocenters. The second-order valence-electron chi connectivity index (χ2n) is 5.79. The molecule has 0 aliphatic rings. The molecule has 0 saturated carbocycles. The Morgan fingerprint density at radius 2 is 2.05 bits per heavy atom. The number of carbonyl (C=O) groups excluding carboxylic acids is 1. The molecule has 20 heavy (non-hydrogen) atoms. The number of rotatable bonds is 6. The van der Waals surface area contributed by atoms with Crippen LogP contribution in [0.5, 0.6) is 5.75 Å². The van der Waals surface area contributed by atoms with Gasteiger partial charge in [-0.1, -0.05) is 32.9 Å². The molecule has 1 aromatic carbocycles. The summed E-state index contributed by atoms with van der Waals surface area (Å²) < 4.78 is 5.46. The number of carbonyl (C=O) groups is 1. The maximum Gasteiger partial charge on any atom is 0.224 e. The largest absolute Gasteiger partial charge is 0.496 e. The Balaban J connectivity index is 2.37. The molecule has 4 heteroatoms.